The highest BCUT2D eigenvalue weighted by atomic mass is 16.8. The standard InChI is InChI=1S/C53H90O45/c54-1-10-19(59)28(68)33(73)47(87-10)83-7-16-22(62)30(70)35(75)51(92-16)96-42-25(65)13(4-57)89-48(38(42)78)84-8-17-23(63)31(71)36(76)52(93-17)98-44-27(67)18(94-53(40(44)80)95-41-24(64)12(3-56)86-45(81)37(41)77)9-85-49-39(79)43(26(66)14(5-58)90-49)97-50-34(74)29(69)21(61)15(91-50)6-82-46-32(72)20(60)11(2-55)88-46/h10-81H,1-9H2/t10-,11+,12-,13-,14-,15-,16-,17-,18-,19+,20+,21+,22+,23+,24+,25+,26+,27+,28+,29+,30+,31+,32-,33-,34-,35-,36-,37-,38-,39-,40-,41+,42+,43+,44+,45-,46-,47-,48-,49-,50+,51+,52?,53?/m1/s1. The van der Waals surface area contributed by atoms with Gasteiger partial charge in [0.15, 0.2) is 56.6 Å². The van der Waals surface area contributed by atoms with Crippen molar-refractivity contribution in [2.75, 3.05) is 59.5 Å². The topological polar surface area (TPSA) is 723 Å². The summed E-state index contributed by atoms with van der Waals surface area (Å²) in [5, 5.41) is 301. The zero-order valence-corrected chi connectivity index (χ0v) is 51.2. The Balaban J connectivity index is 0.880. The molecule has 9 aliphatic heterocycles. The third-order valence-corrected chi connectivity index (χ3v) is 18.3. The second-order valence-electron chi connectivity index (χ2n) is 24.9. The van der Waals surface area contributed by atoms with Gasteiger partial charge < -0.3 is 224 Å². The molecule has 0 aromatic heterocycles. The van der Waals surface area contributed by atoms with Crippen LogP contribution < -0.4 is 0 Å². The van der Waals surface area contributed by atoms with E-state index < -0.39 is 330 Å². The molecule has 9 saturated heterocycles. The van der Waals surface area contributed by atoms with Crippen LogP contribution in [-0.4, -0.2) is 473 Å². The van der Waals surface area contributed by atoms with Gasteiger partial charge in [0.1, 0.15) is 214 Å². The Bertz CT molecular complexity index is 2400. The zero-order valence-electron chi connectivity index (χ0n) is 51.2. The Morgan fingerprint density at radius 3 is 0.663 bits per heavy atom. The molecule has 0 aromatic carbocycles. The van der Waals surface area contributed by atoms with Crippen LogP contribution in [0.3, 0.4) is 0 Å². The zero-order chi connectivity index (χ0) is 71.8. The molecule has 9 heterocycles. The van der Waals surface area contributed by atoms with Gasteiger partial charge in [0, 0.05) is 0 Å². The molecule has 2 unspecified atom stereocenters. The first-order chi connectivity index (χ1) is 46.4. The first kappa shape index (κ1) is 80.3. The predicted octanol–water partition coefficient (Wildman–Crippen LogP) is -20.0. The largest absolute Gasteiger partial charge is 0.394 e. The molecule has 0 radical (unpaired) electrons. The van der Waals surface area contributed by atoms with Crippen LogP contribution in [0.25, 0.3) is 0 Å². The van der Waals surface area contributed by atoms with Gasteiger partial charge in [-0.05, 0) is 0 Å². The van der Waals surface area contributed by atoms with Crippen molar-refractivity contribution in [2.24, 2.45) is 0 Å². The summed E-state index contributed by atoms with van der Waals surface area (Å²) in [4.78, 5) is 0. The summed E-state index contributed by atoms with van der Waals surface area (Å²) in [7, 11) is 0. The molecule has 44 atom stereocenters. The minimum Gasteiger partial charge on any atom is -0.394 e. The van der Waals surface area contributed by atoms with Crippen molar-refractivity contribution in [3.63, 3.8) is 0 Å². The SMILES string of the molecule is OC[C@@H]1O[C@@H](OC[C@H]2O[C@@H](O[C@H]3[C@@H](O)[C@@H](CO)O[C@@H](OC[C@H]4OC(O[C@@H]5[C@@H](O)[C@H](O)O[C@H](CO)[C@@H]5O)[C@H](O)[C@@H](OC5O[C@H](CO[C@@H]6O[C@H](CO)[C@H](O)[C@H](O[C@@H]7O[C@H](CO[C@@H]8O[C@H](CO)[C@H](O)[C@H](O)[C@H]8O)[C@H](O)[C@H](O)[C@H]7O)[C@H]6O)[C@H](O)[C@H](O)[C@H]5O)[C@H]4O)[C@@H]3O)[C@H](O)[C@@H](O)[C@H]2O)[C@H](O)[C@H]1O. The van der Waals surface area contributed by atoms with Crippen molar-refractivity contribution in [3.8, 4) is 0 Å². The second kappa shape index (κ2) is 34.6. The minimum atomic E-state index is -2.40. The molecule has 9 rings (SSSR count). The number of rotatable bonds is 25. The molecule has 9 aliphatic rings. The van der Waals surface area contributed by atoms with Gasteiger partial charge in [-0.15, -0.1) is 0 Å². The van der Waals surface area contributed by atoms with Gasteiger partial charge >= 0.3 is 0 Å². The van der Waals surface area contributed by atoms with Crippen LogP contribution in [0.1, 0.15) is 0 Å². The van der Waals surface area contributed by atoms with Gasteiger partial charge in [-0.1, -0.05) is 0 Å². The van der Waals surface area contributed by atoms with E-state index in [-0.39, 0.29) is 0 Å². The van der Waals surface area contributed by atoms with Crippen molar-refractivity contribution in [1.82, 2.24) is 0 Å². The number of aliphatic hydroxyl groups is 28. The molecule has 45 heteroatoms. The van der Waals surface area contributed by atoms with Crippen LogP contribution in [0.5, 0.6) is 0 Å². The molecule has 0 amide bonds. The monoisotopic (exact) mass is 1450 g/mol. The number of aliphatic hydroxyl groups excluding tert-OH is 28. The average molecular weight is 1450 g/mol. The smallest absolute Gasteiger partial charge is 0.187 e. The van der Waals surface area contributed by atoms with Crippen LogP contribution in [0.4, 0.5) is 0 Å². The second-order valence-corrected chi connectivity index (χ2v) is 24.9. The number of hydrogen-bond acceptors (Lipinski definition) is 45. The summed E-state index contributed by atoms with van der Waals surface area (Å²) >= 11 is 0. The summed E-state index contributed by atoms with van der Waals surface area (Å²) in [6, 6.07) is 0. The van der Waals surface area contributed by atoms with Crippen molar-refractivity contribution >= 4 is 0 Å². The van der Waals surface area contributed by atoms with E-state index in [1.54, 1.807) is 0 Å². The van der Waals surface area contributed by atoms with Gasteiger partial charge in [0.2, 0.25) is 0 Å². The molecule has 572 valence electrons. The molecule has 98 heavy (non-hydrogen) atoms. The van der Waals surface area contributed by atoms with Gasteiger partial charge in [0.05, 0.1) is 59.5 Å². The van der Waals surface area contributed by atoms with E-state index in [1.165, 1.54) is 0 Å². The molecular weight excluding hydrogens is 1360 g/mol. The summed E-state index contributed by atoms with van der Waals surface area (Å²) < 4.78 is 94.8. The quantitative estimate of drug-likeness (QED) is 0.0404. The summed E-state index contributed by atoms with van der Waals surface area (Å²) in [6.45, 7) is -8.38. The van der Waals surface area contributed by atoms with Gasteiger partial charge in [0.25, 0.3) is 0 Å². The Morgan fingerprint density at radius 1 is 0.173 bits per heavy atom. The van der Waals surface area contributed by atoms with E-state index >= 15 is 0 Å². The van der Waals surface area contributed by atoms with Gasteiger partial charge in [-0.25, -0.2) is 0 Å². The molecule has 0 saturated carbocycles. The highest BCUT2D eigenvalue weighted by Crippen LogP contribution is 2.38. The Morgan fingerprint density at radius 2 is 0.357 bits per heavy atom. The van der Waals surface area contributed by atoms with E-state index in [0.717, 1.165) is 0 Å². The average Bonchev–Trinajstić information content (AvgIpc) is 0.939. The highest BCUT2D eigenvalue weighted by Gasteiger charge is 2.58. The third-order valence-electron chi connectivity index (χ3n) is 18.3. The molecule has 0 aliphatic carbocycles. The fraction of sp³-hybridized carbons (Fsp3) is 1.00. The van der Waals surface area contributed by atoms with Gasteiger partial charge in [-0.2, -0.15) is 0 Å². The predicted molar refractivity (Wildman–Crippen MR) is 291 cm³/mol. The highest BCUT2D eigenvalue weighted by molar-refractivity contribution is 5.01. The van der Waals surface area contributed by atoms with Crippen LogP contribution >= 0.6 is 0 Å². The minimum absolute atomic E-state index is 0.733. The van der Waals surface area contributed by atoms with Gasteiger partial charge in [-0.3, -0.25) is 0 Å². The Hall–Kier alpha value is -1.80. The van der Waals surface area contributed by atoms with Crippen molar-refractivity contribution in [1.29, 1.82) is 0 Å². The number of ether oxygens (including phenoxy) is 17. The Labute approximate surface area is 552 Å². The molecule has 0 aromatic rings. The van der Waals surface area contributed by atoms with Crippen molar-refractivity contribution < 1.29 is 224 Å². The molecule has 28 N–H and O–H groups in total. The maximum Gasteiger partial charge on any atom is 0.187 e. The fourth-order valence-corrected chi connectivity index (χ4v) is 12.3. The fourth-order valence-electron chi connectivity index (χ4n) is 12.3. The first-order valence-corrected chi connectivity index (χ1v) is 31.1. The van der Waals surface area contributed by atoms with Crippen LogP contribution in [0.15, 0.2) is 0 Å². The molecule has 0 spiro atoms. The lowest BCUT2D eigenvalue weighted by Crippen LogP contribution is -2.67. The normalized spacial score (nSPS) is 53.6. The van der Waals surface area contributed by atoms with E-state index in [1.807, 2.05) is 0 Å². The molecular formula is C53H90O45. The van der Waals surface area contributed by atoms with Crippen molar-refractivity contribution in [2.45, 2.75) is 270 Å². The summed E-state index contributed by atoms with van der Waals surface area (Å²) in [5.74, 6) is 0. The lowest BCUT2D eigenvalue weighted by molar-refractivity contribution is -0.389. The van der Waals surface area contributed by atoms with Crippen LogP contribution in [0.2, 0.25) is 0 Å². The lowest BCUT2D eigenvalue weighted by atomic mass is 9.95. The maximum atomic E-state index is 12.0. The third kappa shape index (κ3) is 16.9. The number of hydrogen-bond donors (Lipinski definition) is 28. The van der Waals surface area contributed by atoms with Crippen molar-refractivity contribution in [3.05, 3.63) is 0 Å². The van der Waals surface area contributed by atoms with E-state index in [4.69, 9.17) is 80.5 Å². The summed E-state index contributed by atoms with van der Waals surface area (Å²) in [5.41, 5.74) is 0. The molecule has 9 fully saturated rings. The maximum absolute atomic E-state index is 12.0. The van der Waals surface area contributed by atoms with Crippen LogP contribution in [0, 0.1) is 0 Å². The Kier molecular flexibility index (Phi) is 28.4. The van der Waals surface area contributed by atoms with E-state index in [2.05, 4.69) is 0 Å². The van der Waals surface area contributed by atoms with E-state index in [0.29, 0.717) is 0 Å². The molecule has 45 nitrogen and oxygen atoms in total. The molecule has 0 bridgehead atoms. The van der Waals surface area contributed by atoms with Crippen LogP contribution in [-0.2, 0) is 80.5 Å². The van der Waals surface area contributed by atoms with E-state index in [9.17, 15) is 143 Å². The summed E-state index contributed by atoms with van der Waals surface area (Å²) in [6.07, 6.45) is -87.9. The first-order valence-electron chi connectivity index (χ1n) is 31.1. The lowest BCUT2D eigenvalue weighted by Gasteiger charge is -2.49.